The Kier molecular flexibility index (Phi) is 4.93. The average molecular weight is 386 g/mol. The molecule has 142 valence electrons. The number of hydrogen-bond acceptors (Lipinski definition) is 7. The zero-order valence-electron chi connectivity index (χ0n) is 15.2. The van der Waals surface area contributed by atoms with Crippen molar-refractivity contribution in [1.82, 2.24) is 25.5 Å². The second kappa shape index (κ2) is 7.51. The van der Waals surface area contributed by atoms with Crippen molar-refractivity contribution in [2.24, 2.45) is 5.92 Å². The summed E-state index contributed by atoms with van der Waals surface area (Å²) >= 11 is 1.55. The van der Waals surface area contributed by atoms with Crippen LogP contribution in [0, 0.1) is 5.92 Å². The van der Waals surface area contributed by atoms with E-state index in [1.54, 1.807) is 17.5 Å². The number of rotatable bonds is 6. The summed E-state index contributed by atoms with van der Waals surface area (Å²) in [5.74, 6) is 2.33. The van der Waals surface area contributed by atoms with Crippen molar-refractivity contribution < 1.29 is 9.53 Å². The van der Waals surface area contributed by atoms with E-state index in [9.17, 15) is 4.79 Å². The minimum atomic E-state index is -0.341. The summed E-state index contributed by atoms with van der Waals surface area (Å²) in [6.45, 7) is 4.29. The van der Waals surface area contributed by atoms with E-state index in [0.29, 0.717) is 18.4 Å². The maximum Gasteiger partial charge on any atom is 0.407 e. The second-order valence-corrected chi connectivity index (χ2v) is 7.98. The number of pyridine rings is 1. The molecule has 0 spiro atoms. The van der Waals surface area contributed by atoms with Crippen LogP contribution in [0.1, 0.15) is 38.3 Å². The SMILES string of the molecule is CC(C)NC(=O)OC[C@H]1C[C@@H](c2cc(Nc3nccc4ncsc34)n[nH]2)C1. The Hall–Kier alpha value is -2.68. The minimum absolute atomic E-state index is 0.0906. The monoisotopic (exact) mass is 386 g/mol. The quantitative estimate of drug-likeness (QED) is 0.595. The molecule has 0 aromatic carbocycles. The van der Waals surface area contributed by atoms with E-state index in [1.807, 2.05) is 31.5 Å². The van der Waals surface area contributed by atoms with Gasteiger partial charge in [0.2, 0.25) is 0 Å². The molecular formula is C18H22N6O2S. The number of nitrogens with one attached hydrogen (secondary N) is 3. The van der Waals surface area contributed by atoms with Crippen molar-refractivity contribution in [2.75, 3.05) is 11.9 Å². The highest BCUT2D eigenvalue weighted by Gasteiger charge is 2.32. The molecule has 0 saturated heterocycles. The largest absolute Gasteiger partial charge is 0.449 e. The molecule has 3 heterocycles. The van der Waals surface area contributed by atoms with Gasteiger partial charge < -0.3 is 15.4 Å². The van der Waals surface area contributed by atoms with E-state index in [-0.39, 0.29) is 12.1 Å². The van der Waals surface area contributed by atoms with Crippen LogP contribution < -0.4 is 10.6 Å². The Bertz CT molecular complexity index is 931. The van der Waals surface area contributed by atoms with Crippen LogP contribution in [0.2, 0.25) is 0 Å². The van der Waals surface area contributed by atoms with Crippen LogP contribution in [-0.2, 0) is 4.74 Å². The van der Waals surface area contributed by atoms with E-state index < -0.39 is 0 Å². The maximum absolute atomic E-state index is 11.5. The van der Waals surface area contributed by atoms with Crippen molar-refractivity contribution in [2.45, 2.75) is 38.6 Å². The molecule has 1 saturated carbocycles. The van der Waals surface area contributed by atoms with Gasteiger partial charge in [-0.3, -0.25) is 5.10 Å². The molecule has 4 rings (SSSR count). The third-order valence-corrected chi connectivity index (χ3v) is 5.47. The smallest absolute Gasteiger partial charge is 0.407 e. The fourth-order valence-corrected chi connectivity index (χ4v) is 3.94. The molecule has 1 fully saturated rings. The third-order valence-electron chi connectivity index (χ3n) is 4.62. The fraction of sp³-hybridized carbons (Fsp3) is 0.444. The molecule has 0 unspecified atom stereocenters. The van der Waals surface area contributed by atoms with Gasteiger partial charge in [0, 0.05) is 29.9 Å². The summed E-state index contributed by atoms with van der Waals surface area (Å²) in [7, 11) is 0. The van der Waals surface area contributed by atoms with Gasteiger partial charge >= 0.3 is 6.09 Å². The maximum atomic E-state index is 11.5. The van der Waals surface area contributed by atoms with Gasteiger partial charge in [-0.05, 0) is 38.7 Å². The molecule has 27 heavy (non-hydrogen) atoms. The van der Waals surface area contributed by atoms with Crippen LogP contribution in [-0.4, -0.2) is 38.9 Å². The van der Waals surface area contributed by atoms with Gasteiger partial charge in [0.1, 0.15) is 0 Å². The first kappa shape index (κ1) is 17.7. The second-order valence-electron chi connectivity index (χ2n) is 7.13. The van der Waals surface area contributed by atoms with Gasteiger partial charge in [0.15, 0.2) is 11.6 Å². The molecule has 0 aliphatic heterocycles. The molecule has 1 aliphatic rings. The summed E-state index contributed by atoms with van der Waals surface area (Å²) in [6.07, 6.45) is 3.37. The van der Waals surface area contributed by atoms with Gasteiger partial charge in [-0.2, -0.15) is 5.10 Å². The van der Waals surface area contributed by atoms with Crippen molar-refractivity contribution in [3.05, 3.63) is 29.5 Å². The van der Waals surface area contributed by atoms with Crippen molar-refractivity contribution >= 4 is 39.3 Å². The van der Waals surface area contributed by atoms with Crippen molar-refractivity contribution in [3.8, 4) is 0 Å². The predicted molar refractivity (Wildman–Crippen MR) is 104 cm³/mol. The van der Waals surface area contributed by atoms with Gasteiger partial charge in [-0.15, -0.1) is 11.3 Å². The summed E-state index contributed by atoms with van der Waals surface area (Å²) in [6, 6.07) is 4.01. The van der Waals surface area contributed by atoms with Crippen molar-refractivity contribution in [1.29, 1.82) is 0 Å². The van der Waals surface area contributed by atoms with Crippen LogP contribution >= 0.6 is 11.3 Å². The number of carbonyl (C=O) groups excluding carboxylic acids is 1. The number of aromatic nitrogens is 4. The molecule has 9 heteroatoms. The summed E-state index contributed by atoms with van der Waals surface area (Å²) in [5.41, 5.74) is 3.83. The summed E-state index contributed by atoms with van der Waals surface area (Å²) in [5, 5.41) is 13.5. The van der Waals surface area contributed by atoms with Crippen LogP contribution in [0.5, 0.6) is 0 Å². The Balaban J connectivity index is 1.29. The zero-order valence-corrected chi connectivity index (χ0v) is 16.0. The number of hydrogen-bond donors (Lipinski definition) is 3. The number of ether oxygens (including phenoxy) is 1. The van der Waals surface area contributed by atoms with Crippen molar-refractivity contribution in [3.63, 3.8) is 0 Å². The molecule has 3 aromatic heterocycles. The number of carbonyl (C=O) groups is 1. The molecule has 1 amide bonds. The molecule has 8 nitrogen and oxygen atoms in total. The van der Waals surface area contributed by atoms with Crippen LogP contribution in [0.25, 0.3) is 10.2 Å². The van der Waals surface area contributed by atoms with Gasteiger partial charge in [-0.25, -0.2) is 14.8 Å². The number of H-pyrrole nitrogens is 1. The lowest BCUT2D eigenvalue weighted by Gasteiger charge is -2.34. The standard InChI is InChI=1S/C18H22N6O2S/c1-10(2)21-18(25)26-8-11-5-12(6-11)14-7-15(24-23-14)22-17-16-13(3-4-19-17)20-9-27-16/h3-4,7,9-12H,5-6,8H2,1-2H3,(H,21,25)(H2,19,22,23,24)/t11-,12+. The molecule has 3 aromatic rings. The number of thiazole rings is 1. The Labute approximate surface area is 160 Å². The normalized spacial score (nSPS) is 19.1. The number of amides is 1. The molecule has 3 N–H and O–H groups in total. The first-order chi connectivity index (χ1) is 13.1. The van der Waals surface area contributed by atoms with Crippen LogP contribution in [0.3, 0.4) is 0 Å². The molecule has 0 bridgehead atoms. The summed E-state index contributed by atoms with van der Waals surface area (Å²) < 4.78 is 6.27. The van der Waals surface area contributed by atoms with E-state index in [2.05, 4.69) is 30.8 Å². The average Bonchev–Trinajstić information content (AvgIpc) is 3.22. The lowest BCUT2D eigenvalue weighted by atomic mass is 9.74. The number of nitrogens with zero attached hydrogens (tertiary/aromatic N) is 3. The van der Waals surface area contributed by atoms with E-state index in [4.69, 9.17) is 4.74 Å². The fourth-order valence-electron chi connectivity index (χ4n) is 3.21. The highest BCUT2D eigenvalue weighted by molar-refractivity contribution is 7.17. The zero-order chi connectivity index (χ0) is 18.8. The van der Waals surface area contributed by atoms with E-state index >= 15 is 0 Å². The van der Waals surface area contributed by atoms with E-state index in [1.165, 1.54) is 0 Å². The Morgan fingerprint density at radius 2 is 2.26 bits per heavy atom. The Morgan fingerprint density at radius 1 is 1.41 bits per heavy atom. The number of alkyl carbamates (subject to hydrolysis) is 1. The molecule has 1 aliphatic carbocycles. The van der Waals surface area contributed by atoms with Gasteiger partial charge in [0.25, 0.3) is 0 Å². The van der Waals surface area contributed by atoms with Gasteiger partial charge in [0.05, 0.1) is 22.3 Å². The first-order valence-electron chi connectivity index (χ1n) is 9.02. The third kappa shape index (κ3) is 4.02. The highest BCUT2D eigenvalue weighted by Crippen LogP contribution is 2.41. The highest BCUT2D eigenvalue weighted by atomic mass is 32.1. The van der Waals surface area contributed by atoms with Gasteiger partial charge in [-0.1, -0.05) is 0 Å². The summed E-state index contributed by atoms with van der Waals surface area (Å²) in [4.78, 5) is 20.2. The number of anilines is 2. The molecule has 0 atom stereocenters. The number of aromatic amines is 1. The predicted octanol–water partition coefficient (Wildman–Crippen LogP) is 3.79. The number of fused-ring (bicyclic) bond motifs is 1. The molecular weight excluding hydrogens is 364 g/mol. The van der Waals surface area contributed by atoms with E-state index in [0.717, 1.165) is 40.4 Å². The minimum Gasteiger partial charge on any atom is -0.449 e. The lowest BCUT2D eigenvalue weighted by molar-refractivity contribution is 0.0924. The first-order valence-corrected chi connectivity index (χ1v) is 9.90. The molecule has 0 radical (unpaired) electrons. The Morgan fingerprint density at radius 3 is 3.07 bits per heavy atom. The van der Waals surface area contributed by atoms with Crippen LogP contribution in [0.15, 0.2) is 23.8 Å². The lowest BCUT2D eigenvalue weighted by Crippen LogP contribution is -2.34. The van der Waals surface area contributed by atoms with Crippen LogP contribution in [0.4, 0.5) is 16.4 Å². The topological polar surface area (TPSA) is 105 Å².